The third-order valence-electron chi connectivity index (χ3n) is 4.08. The topological polar surface area (TPSA) is 90.6 Å². The Balaban J connectivity index is 1.76. The van der Waals surface area contributed by atoms with Crippen LogP contribution in [0.3, 0.4) is 0 Å². The highest BCUT2D eigenvalue weighted by Crippen LogP contribution is 2.14. The molecule has 0 atom stereocenters. The zero-order valence-corrected chi connectivity index (χ0v) is 16.2. The van der Waals surface area contributed by atoms with Crippen LogP contribution < -0.4 is 20.4 Å². The number of hydrogen-bond donors (Lipinski definition) is 0. The normalized spacial score (nSPS) is 11.7. The van der Waals surface area contributed by atoms with Crippen molar-refractivity contribution in [2.75, 3.05) is 0 Å². The quantitative estimate of drug-likeness (QED) is 0.378. The molecule has 0 N–H and O–H groups in total. The molecule has 0 bridgehead atoms. The molecule has 0 saturated heterocycles. The average molecular weight is 405 g/mol. The van der Waals surface area contributed by atoms with Crippen LogP contribution in [0.15, 0.2) is 64.2 Å². The minimum atomic E-state index is -0.446. The van der Waals surface area contributed by atoms with E-state index in [0.717, 1.165) is 21.4 Å². The molecule has 4 aromatic rings. The number of ether oxygens (including phenoxy) is 1. The lowest BCUT2D eigenvalue weighted by Gasteiger charge is -2.01. The third kappa shape index (κ3) is 4.12. The average Bonchev–Trinajstić information content (AvgIpc) is 2.97. The Hall–Kier alpha value is -3.65. The van der Waals surface area contributed by atoms with Crippen LogP contribution in [-0.4, -0.2) is 20.6 Å². The van der Waals surface area contributed by atoms with Gasteiger partial charge in [-0.25, -0.2) is 0 Å². The number of aromatic nitrogens is 3. The Morgan fingerprint density at radius 1 is 1.14 bits per heavy atom. The fraction of sp³-hybridized carbons (Fsp3) is 0.0952. The lowest BCUT2D eigenvalue weighted by molar-refractivity contribution is -0.131. The van der Waals surface area contributed by atoms with Gasteiger partial charge in [-0.1, -0.05) is 53.8 Å². The number of hydrogen-bond acceptors (Lipinski definition) is 7. The maximum Gasteiger partial charge on any atom is 0.308 e. The summed E-state index contributed by atoms with van der Waals surface area (Å²) >= 11 is 1.08. The summed E-state index contributed by atoms with van der Waals surface area (Å²) in [7, 11) is 0. The molecule has 4 rings (SSSR count). The van der Waals surface area contributed by atoms with Crippen molar-refractivity contribution in [2.24, 2.45) is 0 Å². The van der Waals surface area contributed by atoms with Gasteiger partial charge in [-0.3, -0.25) is 14.4 Å². The second kappa shape index (κ2) is 7.76. The molecule has 0 fully saturated rings. The smallest absolute Gasteiger partial charge is 0.308 e. The van der Waals surface area contributed by atoms with Crippen LogP contribution in [0.2, 0.25) is 0 Å². The fourth-order valence-corrected chi connectivity index (χ4v) is 3.73. The number of nitrogens with zero attached hydrogens (tertiary/aromatic N) is 3. The number of carbonyl (C=O) groups is 1. The van der Waals surface area contributed by atoms with Crippen molar-refractivity contribution < 1.29 is 9.53 Å². The molecule has 0 amide bonds. The fourth-order valence-electron chi connectivity index (χ4n) is 2.83. The molecule has 0 unspecified atom stereocenters. The van der Waals surface area contributed by atoms with Gasteiger partial charge < -0.3 is 4.74 Å². The molecule has 0 aliphatic carbocycles. The van der Waals surface area contributed by atoms with E-state index in [1.807, 2.05) is 30.3 Å². The van der Waals surface area contributed by atoms with Crippen LogP contribution in [0.4, 0.5) is 0 Å². The first-order valence-electron chi connectivity index (χ1n) is 8.76. The highest BCUT2D eigenvalue weighted by molar-refractivity contribution is 7.15. The number of thiazole rings is 1. The molecule has 0 aliphatic rings. The van der Waals surface area contributed by atoms with Crippen LogP contribution in [0.5, 0.6) is 5.75 Å². The molecular weight excluding hydrogens is 390 g/mol. The Kier molecular flexibility index (Phi) is 5.01. The van der Waals surface area contributed by atoms with E-state index in [4.69, 9.17) is 4.74 Å². The SMILES string of the molecule is CC(=O)Oc1cccc(/C=c2/sc3nc(=O)c(Cc4ccccc4)nn3c2=O)c1. The molecular formula is C21H15N3O4S. The van der Waals surface area contributed by atoms with Crippen molar-refractivity contribution in [1.29, 1.82) is 0 Å². The van der Waals surface area contributed by atoms with Crippen molar-refractivity contribution >= 4 is 28.3 Å². The van der Waals surface area contributed by atoms with Crippen molar-refractivity contribution in [2.45, 2.75) is 13.3 Å². The van der Waals surface area contributed by atoms with E-state index in [-0.39, 0.29) is 16.2 Å². The Labute approximate surface area is 168 Å². The standard InChI is InChI=1S/C21H15N3O4S/c1-13(25)28-16-9-5-8-15(10-16)12-18-20(27)24-21(29-18)22-19(26)17(23-24)11-14-6-3-2-4-7-14/h2-10,12H,11H2,1H3/b18-12+. The summed E-state index contributed by atoms with van der Waals surface area (Å²) in [5.74, 6) is -0.0397. The number of esters is 1. The molecule has 2 heterocycles. The van der Waals surface area contributed by atoms with Gasteiger partial charge in [0.15, 0.2) is 0 Å². The summed E-state index contributed by atoms with van der Waals surface area (Å²) < 4.78 is 6.60. The van der Waals surface area contributed by atoms with Crippen LogP contribution in [0, 0.1) is 0 Å². The first-order chi connectivity index (χ1) is 14.0. The molecule has 2 aromatic carbocycles. The summed E-state index contributed by atoms with van der Waals surface area (Å²) in [6.45, 7) is 1.32. The highest BCUT2D eigenvalue weighted by atomic mass is 32.1. The van der Waals surface area contributed by atoms with E-state index in [2.05, 4.69) is 10.1 Å². The van der Waals surface area contributed by atoms with E-state index in [0.29, 0.717) is 22.3 Å². The van der Waals surface area contributed by atoms with Gasteiger partial charge in [-0.2, -0.15) is 14.6 Å². The summed E-state index contributed by atoms with van der Waals surface area (Å²) in [6.07, 6.45) is 1.95. The molecule has 0 spiro atoms. The Morgan fingerprint density at radius 3 is 2.69 bits per heavy atom. The highest BCUT2D eigenvalue weighted by Gasteiger charge is 2.11. The summed E-state index contributed by atoms with van der Waals surface area (Å²) in [5.41, 5.74) is 1.01. The van der Waals surface area contributed by atoms with E-state index in [1.165, 1.54) is 6.92 Å². The first kappa shape index (κ1) is 18.7. The van der Waals surface area contributed by atoms with Crippen LogP contribution >= 0.6 is 11.3 Å². The number of rotatable bonds is 4. The van der Waals surface area contributed by atoms with Gasteiger partial charge in [-0.15, -0.1) is 0 Å². The predicted molar refractivity (Wildman–Crippen MR) is 109 cm³/mol. The lowest BCUT2D eigenvalue weighted by atomic mass is 10.1. The number of carbonyl (C=O) groups excluding carboxylic acids is 1. The third-order valence-corrected chi connectivity index (χ3v) is 5.04. The van der Waals surface area contributed by atoms with Crippen LogP contribution in [0.1, 0.15) is 23.7 Å². The van der Waals surface area contributed by atoms with Gasteiger partial charge >= 0.3 is 5.97 Å². The number of fused-ring (bicyclic) bond motifs is 1. The molecule has 0 radical (unpaired) electrons. The first-order valence-corrected chi connectivity index (χ1v) is 9.58. The Bertz CT molecular complexity index is 1380. The minimum absolute atomic E-state index is 0.215. The van der Waals surface area contributed by atoms with E-state index in [1.54, 1.807) is 30.3 Å². The van der Waals surface area contributed by atoms with Crippen molar-refractivity contribution in [3.63, 3.8) is 0 Å². The van der Waals surface area contributed by atoms with E-state index < -0.39 is 11.5 Å². The van der Waals surface area contributed by atoms with Crippen molar-refractivity contribution in [1.82, 2.24) is 14.6 Å². The second-order valence-electron chi connectivity index (χ2n) is 6.30. The molecule has 0 saturated carbocycles. The Morgan fingerprint density at radius 2 is 1.93 bits per heavy atom. The van der Waals surface area contributed by atoms with E-state index in [9.17, 15) is 14.4 Å². The predicted octanol–water partition coefficient (Wildman–Crippen LogP) is 1.57. The lowest BCUT2D eigenvalue weighted by Crippen LogP contribution is -2.28. The summed E-state index contributed by atoms with van der Waals surface area (Å²) in [5, 5.41) is 4.24. The zero-order chi connectivity index (χ0) is 20.4. The van der Waals surface area contributed by atoms with Crippen molar-refractivity contribution in [3.8, 4) is 5.75 Å². The van der Waals surface area contributed by atoms with Gasteiger partial charge in [0.1, 0.15) is 11.4 Å². The van der Waals surface area contributed by atoms with E-state index >= 15 is 0 Å². The molecule has 0 aliphatic heterocycles. The summed E-state index contributed by atoms with van der Waals surface area (Å²) in [4.78, 5) is 40.5. The second-order valence-corrected chi connectivity index (χ2v) is 7.31. The number of benzene rings is 2. The minimum Gasteiger partial charge on any atom is -0.427 e. The molecule has 2 aromatic heterocycles. The maximum absolute atomic E-state index is 12.8. The van der Waals surface area contributed by atoms with Gasteiger partial charge in [0, 0.05) is 13.3 Å². The van der Waals surface area contributed by atoms with Gasteiger partial charge in [0.25, 0.3) is 11.1 Å². The molecule has 8 heteroatoms. The molecule has 144 valence electrons. The monoisotopic (exact) mass is 405 g/mol. The van der Waals surface area contributed by atoms with Crippen LogP contribution in [-0.2, 0) is 11.2 Å². The van der Waals surface area contributed by atoms with Crippen molar-refractivity contribution in [3.05, 3.63) is 96.7 Å². The largest absolute Gasteiger partial charge is 0.427 e. The van der Waals surface area contributed by atoms with Gasteiger partial charge in [0.2, 0.25) is 4.96 Å². The van der Waals surface area contributed by atoms with Gasteiger partial charge in [0.05, 0.1) is 4.53 Å². The molecule has 7 nitrogen and oxygen atoms in total. The maximum atomic E-state index is 12.8. The van der Waals surface area contributed by atoms with Crippen LogP contribution in [0.25, 0.3) is 11.0 Å². The zero-order valence-electron chi connectivity index (χ0n) is 15.4. The molecule has 29 heavy (non-hydrogen) atoms. The summed E-state index contributed by atoms with van der Waals surface area (Å²) in [6, 6.07) is 16.2. The van der Waals surface area contributed by atoms with Gasteiger partial charge in [-0.05, 0) is 29.3 Å².